The molecule has 4 heteroatoms. The molecule has 0 saturated heterocycles. The Morgan fingerprint density at radius 3 is 2.00 bits per heavy atom. The van der Waals surface area contributed by atoms with Gasteiger partial charge in [-0.25, -0.2) is 4.79 Å². The van der Waals surface area contributed by atoms with Gasteiger partial charge in [-0.05, 0) is 31.2 Å². The predicted molar refractivity (Wildman–Crippen MR) is 76.2 cm³/mol. The van der Waals surface area contributed by atoms with Gasteiger partial charge in [-0.3, -0.25) is 0 Å². The fourth-order valence-corrected chi connectivity index (χ4v) is 3.33. The van der Waals surface area contributed by atoms with Gasteiger partial charge in [0.25, 0.3) is 0 Å². The van der Waals surface area contributed by atoms with E-state index in [0.717, 1.165) is 21.2 Å². The second-order valence-corrected chi connectivity index (χ2v) is 5.51. The third kappa shape index (κ3) is 1.98. The topological polar surface area (TPSA) is 40.5 Å². The van der Waals surface area contributed by atoms with Crippen LogP contribution in [-0.2, 0) is 4.79 Å². The van der Waals surface area contributed by atoms with Gasteiger partial charge in [0, 0.05) is 9.79 Å². The Bertz CT molecular complexity index is 596. The van der Waals surface area contributed by atoms with Crippen LogP contribution in [0.2, 0.25) is 0 Å². The highest BCUT2D eigenvalue weighted by Gasteiger charge is 2.29. The number of rotatable bonds is 2. The van der Waals surface area contributed by atoms with E-state index in [2.05, 4.69) is 0 Å². The van der Waals surface area contributed by atoms with Crippen LogP contribution in [0.5, 0.6) is 0 Å². The molecule has 0 spiro atoms. The van der Waals surface area contributed by atoms with Crippen molar-refractivity contribution in [1.82, 2.24) is 0 Å². The lowest BCUT2D eigenvalue weighted by Crippen LogP contribution is -2.36. The fraction of sp³-hybridized carbons (Fsp3) is 0.133. The van der Waals surface area contributed by atoms with Crippen molar-refractivity contribution in [2.24, 2.45) is 0 Å². The van der Waals surface area contributed by atoms with Crippen LogP contribution in [0.4, 0.5) is 11.4 Å². The van der Waals surface area contributed by atoms with E-state index in [0.29, 0.717) is 0 Å². The maximum Gasteiger partial charge on any atom is 0.326 e. The number of benzene rings is 2. The lowest BCUT2D eigenvalue weighted by Gasteiger charge is -2.35. The number of nitrogens with zero attached hydrogens (tertiary/aromatic N) is 1. The van der Waals surface area contributed by atoms with Crippen LogP contribution in [0, 0.1) is 0 Å². The molecule has 1 aliphatic rings. The summed E-state index contributed by atoms with van der Waals surface area (Å²) in [5, 5.41) is 9.34. The van der Waals surface area contributed by atoms with Crippen molar-refractivity contribution in [2.75, 3.05) is 4.90 Å². The van der Waals surface area contributed by atoms with E-state index in [-0.39, 0.29) is 0 Å². The lowest BCUT2D eigenvalue weighted by molar-refractivity contribution is -0.138. The molecule has 2 aromatic rings. The Hall–Kier alpha value is -1.94. The minimum Gasteiger partial charge on any atom is -0.480 e. The van der Waals surface area contributed by atoms with Gasteiger partial charge in [-0.1, -0.05) is 36.0 Å². The number of hydrogen-bond acceptors (Lipinski definition) is 3. The van der Waals surface area contributed by atoms with Crippen molar-refractivity contribution in [1.29, 1.82) is 0 Å². The molecule has 1 heterocycles. The molecule has 0 unspecified atom stereocenters. The molecule has 0 bridgehead atoms. The van der Waals surface area contributed by atoms with E-state index in [1.807, 2.05) is 53.4 Å². The zero-order valence-corrected chi connectivity index (χ0v) is 11.2. The summed E-state index contributed by atoms with van der Waals surface area (Å²) in [7, 11) is 0. The van der Waals surface area contributed by atoms with Crippen LogP contribution in [0.1, 0.15) is 6.92 Å². The van der Waals surface area contributed by atoms with Gasteiger partial charge in [0.1, 0.15) is 6.04 Å². The molecule has 2 aromatic carbocycles. The van der Waals surface area contributed by atoms with Gasteiger partial charge in [-0.2, -0.15) is 0 Å². The Labute approximate surface area is 115 Å². The molecule has 3 nitrogen and oxygen atoms in total. The molecule has 0 radical (unpaired) electrons. The number of fused-ring (bicyclic) bond motifs is 2. The molecule has 1 aliphatic heterocycles. The normalized spacial score (nSPS) is 14.5. The lowest BCUT2D eigenvalue weighted by atomic mass is 10.1. The summed E-state index contributed by atoms with van der Waals surface area (Å²) in [5.74, 6) is -0.823. The summed E-state index contributed by atoms with van der Waals surface area (Å²) in [6.07, 6.45) is 0. The molecule has 0 saturated carbocycles. The minimum absolute atomic E-state index is 0.594. The fourth-order valence-electron chi connectivity index (χ4n) is 2.26. The maximum atomic E-state index is 11.4. The van der Waals surface area contributed by atoms with Gasteiger partial charge < -0.3 is 10.0 Å². The van der Waals surface area contributed by atoms with E-state index in [9.17, 15) is 9.90 Å². The highest BCUT2D eigenvalue weighted by Crippen LogP contribution is 2.48. The average Bonchev–Trinajstić information content (AvgIpc) is 2.43. The van der Waals surface area contributed by atoms with Crippen molar-refractivity contribution < 1.29 is 9.90 Å². The Balaban J connectivity index is 2.19. The second kappa shape index (κ2) is 4.63. The van der Waals surface area contributed by atoms with Gasteiger partial charge in [-0.15, -0.1) is 0 Å². The van der Waals surface area contributed by atoms with E-state index < -0.39 is 12.0 Å². The minimum atomic E-state index is -0.823. The van der Waals surface area contributed by atoms with E-state index in [1.165, 1.54) is 0 Å². The number of carboxylic acid groups (broad SMARTS) is 1. The molecule has 96 valence electrons. The molecular formula is C15H13NO2S. The first-order valence-electron chi connectivity index (χ1n) is 6.06. The van der Waals surface area contributed by atoms with Gasteiger partial charge in [0.15, 0.2) is 0 Å². The van der Waals surface area contributed by atoms with Crippen molar-refractivity contribution in [3.8, 4) is 0 Å². The van der Waals surface area contributed by atoms with Crippen LogP contribution >= 0.6 is 11.8 Å². The van der Waals surface area contributed by atoms with Crippen molar-refractivity contribution in [3.63, 3.8) is 0 Å². The Morgan fingerprint density at radius 2 is 1.53 bits per heavy atom. The number of carboxylic acids is 1. The molecule has 1 N–H and O–H groups in total. The first-order valence-corrected chi connectivity index (χ1v) is 6.88. The SMILES string of the molecule is C[C@H](C(=O)O)N1c2ccccc2Sc2ccccc21. The molecule has 1 atom stereocenters. The quantitative estimate of drug-likeness (QED) is 0.902. The van der Waals surface area contributed by atoms with E-state index in [4.69, 9.17) is 0 Å². The molecular weight excluding hydrogens is 258 g/mol. The van der Waals surface area contributed by atoms with Crippen LogP contribution in [0.25, 0.3) is 0 Å². The zero-order chi connectivity index (χ0) is 13.4. The van der Waals surface area contributed by atoms with E-state index >= 15 is 0 Å². The second-order valence-electron chi connectivity index (χ2n) is 4.42. The van der Waals surface area contributed by atoms with E-state index in [1.54, 1.807) is 18.7 Å². The third-order valence-corrected chi connectivity index (χ3v) is 4.34. The zero-order valence-electron chi connectivity index (χ0n) is 10.4. The first kappa shape index (κ1) is 12.1. The molecule has 3 rings (SSSR count). The predicted octanol–water partition coefficient (Wildman–Crippen LogP) is 3.76. The highest BCUT2D eigenvalue weighted by atomic mass is 32.2. The van der Waals surface area contributed by atoms with Crippen LogP contribution in [-0.4, -0.2) is 17.1 Å². The number of hydrogen-bond donors (Lipinski definition) is 1. The first-order chi connectivity index (χ1) is 9.18. The highest BCUT2D eigenvalue weighted by molar-refractivity contribution is 7.99. The average molecular weight is 271 g/mol. The number of carbonyl (C=O) groups is 1. The van der Waals surface area contributed by atoms with Crippen molar-refractivity contribution >= 4 is 29.1 Å². The number of aliphatic carboxylic acids is 1. The van der Waals surface area contributed by atoms with Crippen LogP contribution in [0.3, 0.4) is 0 Å². The summed E-state index contributed by atoms with van der Waals surface area (Å²) in [6, 6.07) is 15.2. The monoisotopic (exact) mass is 271 g/mol. The van der Waals surface area contributed by atoms with Crippen LogP contribution in [0.15, 0.2) is 58.3 Å². The largest absolute Gasteiger partial charge is 0.480 e. The summed E-state index contributed by atoms with van der Waals surface area (Å²) in [6.45, 7) is 1.71. The summed E-state index contributed by atoms with van der Waals surface area (Å²) in [4.78, 5) is 15.4. The summed E-state index contributed by atoms with van der Waals surface area (Å²) in [5.41, 5.74) is 1.92. The van der Waals surface area contributed by atoms with Gasteiger partial charge in [0.05, 0.1) is 11.4 Å². The van der Waals surface area contributed by atoms with Crippen molar-refractivity contribution in [2.45, 2.75) is 22.8 Å². The Kier molecular flexibility index (Phi) is 2.95. The molecule has 0 aromatic heterocycles. The molecule has 19 heavy (non-hydrogen) atoms. The number of para-hydroxylation sites is 2. The summed E-state index contributed by atoms with van der Waals surface area (Å²) < 4.78 is 0. The van der Waals surface area contributed by atoms with Crippen LogP contribution < -0.4 is 4.90 Å². The summed E-state index contributed by atoms with van der Waals surface area (Å²) >= 11 is 1.68. The van der Waals surface area contributed by atoms with Crippen molar-refractivity contribution in [3.05, 3.63) is 48.5 Å². The maximum absolute atomic E-state index is 11.4. The standard InChI is InChI=1S/C15H13NO2S/c1-10(15(17)18)16-11-6-2-4-8-13(11)19-14-9-5-3-7-12(14)16/h2-10H,1H3,(H,17,18)/t10-/m1/s1. The third-order valence-electron chi connectivity index (χ3n) is 3.21. The molecule has 0 aliphatic carbocycles. The smallest absolute Gasteiger partial charge is 0.326 e. The molecule has 0 fully saturated rings. The number of anilines is 2. The Morgan fingerprint density at radius 1 is 1.05 bits per heavy atom. The van der Waals surface area contributed by atoms with Gasteiger partial charge in [0.2, 0.25) is 0 Å². The van der Waals surface area contributed by atoms with Gasteiger partial charge >= 0.3 is 5.97 Å². The molecule has 0 amide bonds.